The Kier molecular flexibility index (Phi) is 8.55. The zero-order valence-corrected chi connectivity index (χ0v) is 19.8. The zero-order valence-electron chi connectivity index (χ0n) is 19.8. The lowest BCUT2D eigenvalue weighted by Gasteiger charge is -2.26. The van der Waals surface area contributed by atoms with Crippen LogP contribution in [0.3, 0.4) is 0 Å². The predicted octanol–water partition coefficient (Wildman–Crippen LogP) is 2.06. The predicted molar refractivity (Wildman–Crippen MR) is 128 cm³/mol. The van der Waals surface area contributed by atoms with Crippen molar-refractivity contribution in [3.8, 4) is 11.5 Å². The SMILES string of the molecule is CCOc1cc(CNCC2(O)CCN(c3ccc(F)cn3)C2)ccc1OCCN1CCOCC1. The minimum absolute atomic E-state index is 0.361. The van der Waals surface area contributed by atoms with Crippen molar-refractivity contribution >= 4 is 5.82 Å². The van der Waals surface area contributed by atoms with Crippen LogP contribution < -0.4 is 19.7 Å². The van der Waals surface area contributed by atoms with Crippen molar-refractivity contribution in [2.75, 3.05) is 70.6 Å². The van der Waals surface area contributed by atoms with Crippen LogP contribution in [0.5, 0.6) is 11.5 Å². The number of hydrogen-bond donors (Lipinski definition) is 2. The second-order valence-electron chi connectivity index (χ2n) is 8.85. The highest BCUT2D eigenvalue weighted by molar-refractivity contribution is 5.43. The summed E-state index contributed by atoms with van der Waals surface area (Å²) in [5.74, 6) is 1.80. The Hall–Kier alpha value is -2.46. The van der Waals surface area contributed by atoms with Gasteiger partial charge >= 0.3 is 0 Å². The lowest BCUT2D eigenvalue weighted by molar-refractivity contribution is 0.0320. The molecule has 34 heavy (non-hydrogen) atoms. The molecule has 3 heterocycles. The standard InChI is InChI=1S/C25H35FN4O4/c1-2-33-23-15-20(3-5-22(23)34-14-11-29-9-12-32-13-10-29)16-27-18-25(31)7-8-30(19-25)24-6-4-21(26)17-28-24/h3-6,15,17,27,31H,2,7-14,16,18-19H2,1H3. The molecule has 1 unspecified atom stereocenters. The minimum atomic E-state index is -0.860. The van der Waals surface area contributed by atoms with E-state index in [2.05, 4.69) is 15.2 Å². The normalized spacial score (nSPS) is 21.1. The van der Waals surface area contributed by atoms with Crippen molar-refractivity contribution in [3.05, 3.63) is 47.9 Å². The summed E-state index contributed by atoms with van der Waals surface area (Å²) in [5.41, 5.74) is 0.198. The summed E-state index contributed by atoms with van der Waals surface area (Å²) in [6.45, 7) is 9.62. The van der Waals surface area contributed by atoms with Gasteiger partial charge in [0.25, 0.3) is 0 Å². The zero-order chi connectivity index (χ0) is 23.8. The third-order valence-electron chi connectivity index (χ3n) is 6.23. The molecule has 0 spiro atoms. The number of β-amino-alcohol motifs (C(OH)–C–C–N with tert-alkyl or cyclic N) is 1. The maximum Gasteiger partial charge on any atom is 0.161 e. The molecule has 2 fully saturated rings. The number of nitrogens with zero attached hydrogens (tertiary/aromatic N) is 3. The second kappa shape index (κ2) is 11.8. The molecule has 2 aliphatic rings. The summed E-state index contributed by atoms with van der Waals surface area (Å²) >= 11 is 0. The molecule has 186 valence electrons. The molecule has 0 amide bonds. The number of aliphatic hydroxyl groups is 1. The van der Waals surface area contributed by atoms with Crippen LogP contribution in [0.25, 0.3) is 0 Å². The van der Waals surface area contributed by atoms with Crippen LogP contribution in [0.15, 0.2) is 36.5 Å². The van der Waals surface area contributed by atoms with Gasteiger partial charge in [-0.2, -0.15) is 0 Å². The van der Waals surface area contributed by atoms with E-state index < -0.39 is 5.60 Å². The van der Waals surface area contributed by atoms with Crippen LogP contribution in [0.1, 0.15) is 18.9 Å². The molecule has 9 heteroatoms. The van der Waals surface area contributed by atoms with Crippen LogP contribution in [0.4, 0.5) is 10.2 Å². The lowest BCUT2D eigenvalue weighted by atomic mass is 10.0. The maximum absolute atomic E-state index is 13.1. The molecule has 0 aliphatic carbocycles. The van der Waals surface area contributed by atoms with Gasteiger partial charge < -0.3 is 29.5 Å². The Morgan fingerprint density at radius 3 is 2.76 bits per heavy atom. The first-order valence-electron chi connectivity index (χ1n) is 12.0. The average molecular weight is 475 g/mol. The summed E-state index contributed by atoms with van der Waals surface area (Å²) in [7, 11) is 0. The van der Waals surface area contributed by atoms with Crippen molar-refractivity contribution in [1.82, 2.24) is 15.2 Å². The first-order valence-corrected chi connectivity index (χ1v) is 12.0. The largest absolute Gasteiger partial charge is 0.490 e. The number of halogens is 1. The van der Waals surface area contributed by atoms with Crippen molar-refractivity contribution < 1.29 is 23.7 Å². The average Bonchev–Trinajstić information content (AvgIpc) is 3.24. The molecule has 8 nitrogen and oxygen atoms in total. The molecule has 2 aliphatic heterocycles. The molecule has 1 aromatic carbocycles. The van der Waals surface area contributed by atoms with Gasteiger partial charge in [-0.3, -0.25) is 4.90 Å². The van der Waals surface area contributed by atoms with E-state index in [9.17, 15) is 9.50 Å². The molecule has 0 bridgehead atoms. The van der Waals surface area contributed by atoms with Crippen LogP contribution >= 0.6 is 0 Å². The van der Waals surface area contributed by atoms with E-state index in [1.54, 1.807) is 6.07 Å². The van der Waals surface area contributed by atoms with Crippen molar-refractivity contribution in [3.63, 3.8) is 0 Å². The van der Waals surface area contributed by atoms with Gasteiger partial charge in [-0.15, -0.1) is 0 Å². The molecule has 2 saturated heterocycles. The number of rotatable bonds is 11. The number of nitrogens with one attached hydrogen (secondary N) is 1. The Labute approximate surface area is 200 Å². The lowest BCUT2D eigenvalue weighted by Crippen LogP contribution is -2.43. The molecule has 1 atom stereocenters. The van der Waals surface area contributed by atoms with E-state index in [1.807, 2.05) is 30.0 Å². The highest BCUT2D eigenvalue weighted by atomic mass is 19.1. The van der Waals surface area contributed by atoms with E-state index in [4.69, 9.17) is 14.2 Å². The van der Waals surface area contributed by atoms with E-state index in [0.29, 0.717) is 51.6 Å². The second-order valence-corrected chi connectivity index (χ2v) is 8.85. The first kappa shape index (κ1) is 24.7. The van der Waals surface area contributed by atoms with Crippen LogP contribution in [-0.4, -0.2) is 86.3 Å². The van der Waals surface area contributed by atoms with Crippen LogP contribution in [0.2, 0.25) is 0 Å². The first-order chi connectivity index (χ1) is 16.5. The van der Waals surface area contributed by atoms with E-state index in [-0.39, 0.29) is 5.82 Å². The Morgan fingerprint density at radius 2 is 2.00 bits per heavy atom. The van der Waals surface area contributed by atoms with Crippen molar-refractivity contribution in [2.24, 2.45) is 0 Å². The van der Waals surface area contributed by atoms with Gasteiger partial charge in [-0.05, 0) is 43.2 Å². The third-order valence-corrected chi connectivity index (χ3v) is 6.23. The Bertz CT molecular complexity index is 910. The minimum Gasteiger partial charge on any atom is -0.490 e. The highest BCUT2D eigenvalue weighted by Gasteiger charge is 2.36. The fourth-order valence-electron chi connectivity index (χ4n) is 4.35. The number of pyridine rings is 1. The smallest absolute Gasteiger partial charge is 0.161 e. The Morgan fingerprint density at radius 1 is 1.15 bits per heavy atom. The van der Waals surface area contributed by atoms with Gasteiger partial charge in [0.05, 0.1) is 31.6 Å². The number of anilines is 1. The van der Waals surface area contributed by atoms with E-state index >= 15 is 0 Å². The maximum atomic E-state index is 13.1. The summed E-state index contributed by atoms with van der Waals surface area (Å²) in [5, 5.41) is 14.3. The van der Waals surface area contributed by atoms with E-state index in [1.165, 1.54) is 12.3 Å². The highest BCUT2D eigenvalue weighted by Crippen LogP contribution is 2.29. The van der Waals surface area contributed by atoms with Gasteiger partial charge in [-0.25, -0.2) is 9.37 Å². The van der Waals surface area contributed by atoms with Gasteiger partial charge in [-0.1, -0.05) is 6.07 Å². The molecular formula is C25H35FN4O4. The van der Waals surface area contributed by atoms with E-state index in [0.717, 1.165) is 49.9 Å². The third kappa shape index (κ3) is 6.79. The van der Waals surface area contributed by atoms with Crippen LogP contribution in [-0.2, 0) is 11.3 Å². The number of aromatic nitrogens is 1. The van der Waals surface area contributed by atoms with Gasteiger partial charge in [0, 0.05) is 45.8 Å². The van der Waals surface area contributed by atoms with Crippen LogP contribution in [0, 0.1) is 5.82 Å². The summed E-state index contributed by atoms with van der Waals surface area (Å²) in [6.07, 6.45) is 1.83. The molecule has 2 aromatic rings. The fraction of sp³-hybridized carbons (Fsp3) is 0.560. The van der Waals surface area contributed by atoms with Gasteiger partial charge in [0.1, 0.15) is 18.2 Å². The fourth-order valence-corrected chi connectivity index (χ4v) is 4.35. The monoisotopic (exact) mass is 474 g/mol. The molecule has 1 aromatic heterocycles. The number of benzene rings is 1. The topological polar surface area (TPSA) is 79.3 Å². The number of hydrogen-bond acceptors (Lipinski definition) is 8. The quantitative estimate of drug-likeness (QED) is 0.513. The van der Waals surface area contributed by atoms with Crippen molar-refractivity contribution in [2.45, 2.75) is 25.5 Å². The molecule has 0 radical (unpaired) electrons. The van der Waals surface area contributed by atoms with Gasteiger partial charge in [0.15, 0.2) is 11.5 Å². The molecule has 0 saturated carbocycles. The number of ether oxygens (including phenoxy) is 3. The molecule has 4 rings (SSSR count). The number of morpholine rings is 1. The Balaban J connectivity index is 1.26. The summed E-state index contributed by atoms with van der Waals surface area (Å²) in [4.78, 5) is 8.44. The van der Waals surface area contributed by atoms with Crippen molar-refractivity contribution in [1.29, 1.82) is 0 Å². The molecule has 2 N–H and O–H groups in total. The summed E-state index contributed by atoms with van der Waals surface area (Å²) in [6, 6.07) is 9.01. The van der Waals surface area contributed by atoms with Gasteiger partial charge in [0.2, 0.25) is 0 Å². The molecular weight excluding hydrogens is 439 g/mol. The summed E-state index contributed by atoms with van der Waals surface area (Å²) < 4.78 is 30.3.